The van der Waals surface area contributed by atoms with Crippen molar-refractivity contribution < 1.29 is 4.74 Å². The van der Waals surface area contributed by atoms with Gasteiger partial charge in [-0.1, -0.05) is 59.9 Å². The highest BCUT2D eigenvalue weighted by Crippen LogP contribution is 2.29. The van der Waals surface area contributed by atoms with Gasteiger partial charge in [0.15, 0.2) is 0 Å². The Morgan fingerprint density at radius 3 is 2.42 bits per heavy atom. The summed E-state index contributed by atoms with van der Waals surface area (Å²) in [6.45, 7) is 4.53. The topological polar surface area (TPSA) is 91.4 Å². The third-order valence-corrected chi connectivity index (χ3v) is 7.42. The molecule has 0 aliphatic carbocycles. The highest BCUT2D eigenvalue weighted by atomic mass is 32.1. The van der Waals surface area contributed by atoms with Crippen molar-refractivity contribution in [3.63, 3.8) is 0 Å². The van der Waals surface area contributed by atoms with Gasteiger partial charge < -0.3 is 4.74 Å². The molecule has 0 bridgehead atoms. The van der Waals surface area contributed by atoms with Gasteiger partial charge in [0.05, 0.1) is 16.8 Å². The highest BCUT2D eigenvalue weighted by molar-refractivity contribution is 7.15. The van der Waals surface area contributed by atoms with Gasteiger partial charge >= 0.3 is 0 Å². The van der Waals surface area contributed by atoms with Crippen molar-refractivity contribution in [3.05, 3.63) is 133 Å². The first-order chi connectivity index (χ1) is 19.5. The van der Waals surface area contributed by atoms with Crippen LogP contribution in [0.5, 0.6) is 5.75 Å². The maximum atomic E-state index is 13.4. The number of fused-ring (bicyclic) bond motifs is 1. The van der Waals surface area contributed by atoms with E-state index >= 15 is 0 Å². The Morgan fingerprint density at radius 2 is 1.70 bits per heavy atom. The van der Waals surface area contributed by atoms with E-state index in [1.54, 1.807) is 10.8 Å². The molecule has 8 nitrogen and oxygen atoms in total. The zero-order valence-corrected chi connectivity index (χ0v) is 22.8. The number of thiazole rings is 1. The zero-order chi connectivity index (χ0) is 27.6. The highest BCUT2D eigenvalue weighted by Gasteiger charge is 2.15. The molecule has 0 saturated carbocycles. The Hall–Kier alpha value is -4.89. The van der Waals surface area contributed by atoms with Crippen LogP contribution >= 0.6 is 11.3 Å². The summed E-state index contributed by atoms with van der Waals surface area (Å²) in [5, 5.41) is 9.27. The minimum Gasteiger partial charge on any atom is -0.494 e. The van der Waals surface area contributed by atoms with Crippen LogP contribution in [0.15, 0.2) is 94.6 Å². The summed E-state index contributed by atoms with van der Waals surface area (Å²) in [6.07, 6.45) is 3.99. The molecular weight excluding hydrogens is 522 g/mol. The third-order valence-electron chi connectivity index (χ3n) is 6.46. The van der Waals surface area contributed by atoms with Crippen LogP contribution in [-0.2, 0) is 6.42 Å². The van der Waals surface area contributed by atoms with E-state index in [0.717, 1.165) is 45.0 Å². The summed E-state index contributed by atoms with van der Waals surface area (Å²) in [6, 6.07) is 25.2. The quantitative estimate of drug-likeness (QED) is 0.297. The fourth-order valence-electron chi connectivity index (χ4n) is 4.53. The molecule has 3 heterocycles. The first-order valence-corrected chi connectivity index (χ1v) is 13.7. The van der Waals surface area contributed by atoms with Gasteiger partial charge in [0, 0.05) is 23.7 Å². The molecule has 3 aromatic heterocycles. The van der Waals surface area contributed by atoms with Gasteiger partial charge in [-0.2, -0.15) is 19.7 Å². The van der Waals surface area contributed by atoms with Gasteiger partial charge in [-0.05, 0) is 61.4 Å². The van der Waals surface area contributed by atoms with E-state index in [-0.39, 0.29) is 16.2 Å². The molecular formula is C31H25N5O3S. The van der Waals surface area contributed by atoms with Gasteiger partial charge in [0.2, 0.25) is 4.96 Å². The fourth-order valence-corrected chi connectivity index (χ4v) is 5.42. The molecule has 9 heteroatoms. The predicted molar refractivity (Wildman–Crippen MR) is 156 cm³/mol. The summed E-state index contributed by atoms with van der Waals surface area (Å²) in [5.41, 5.74) is 4.64. The lowest BCUT2D eigenvalue weighted by Crippen LogP contribution is -2.28. The Bertz CT molecular complexity index is 2000. The molecule has 0 spiro atoms. The average Bonchev–Trinajstić information content (AvgIpc) is 3.52. The molecule has 198 valence electrons. The second-order valence-corrected chi connectivity index (χ2v) is 10.3. The van der Waals surface area contributed by atoms with Crippen molar-refractivity contribution in [2.45, 2.75) is 20.3 Å². The van der Waals surface area contributed by atoms with Crippen molar-refractivity contribution in [2.75, 3.05) is 6.61 Å². The number of aryl methyl sites for hydroxylation is 1. The van der Waals surface area contributed by atoms with E-state index in [0.29, 0.717) is 23.3 Å². The molecule has 40 heavy (non-hydrogen) atoms. The molecule has 0 fully saturated rings. The first-order valence-electron chi connectivity index (χ1n) is 12.9. The standard InChI is InChI=1S/C31H25N5O3S/c1-3-39-26-15-14-22(16-20(26)2)28-23(19-35(34-28)24-12-8-5-9-13-24)18-27-30(38)36-31(40-27)32-29(37)25(33-36)17-21-10-6-4-7-11-21/h4-16,18-19H,3,17H2,1-2H3/b27-18+. The minimum atomic E-state index is -0.431. The van der Waals surface area contributed by atoms with E-state index in [4.69, 9.17) is 9.84 Å². The number of benzene rings is 3. The van der Waals surface area contributed by atoms with Crippen LogP contribution in [0.2, 0.25) is 0 Å². The van der Waals surface area contributed by atoms with Crippen LogP contribution in [0.3, 0.4) is 0 Å². The molecule has 6 rings (SSSR count). The number of rotatable bonds is 7. The Kier molecular flexibility index (Phi) is 6.79. The summed E-state index contributed by atoms with van der Waals surface area (Å²) in [7, 11) is 0. The second kappa shape index (κ2) is 10.7. The Labute approximate surface area is 233 Å². The van der Waals surface area contributed by atoms with Crippen molar-refractivity contribution >= 4 is 22.4 Å². The second-order valence-electron chi connectivity index (χ2n) is 9.26. The molecule has 0 amide bonds. The molecule has 6 aromatic rings. The van der Waals surface area contributed by atoms with Gasteiger partial charge in [-0.25, -0.2) is 4.68 Å². The summed E-state index contributed by atoms with van der Waals surface area (Å²) in [5.74, 6) is 0.818. The van der Waals surface area contributed by atoms with Gasteiger partial charge in [0.25, 0.3) is 11.1 Å². The van der Waals surface area contributed by atoms with Gasteiger partial charge in [-0.15, -0.1) is 0 Å². The van der Waals surface area contributed by atoms with E-state index < -0.39 is 5.56 Å². The zero-order valence-electron chi connectivity index (χ0n) is 21.9. The lowest BCUT2D eigenvalue weighted by molar-refractivity contribution is 0.338. The van der Waals surface area contributed by atoms with Crippen LogP contribution < -0.4 is 20.4 Å². The summed E-state index contributed by atoms with van der Waals surface area (Å²) < 4.78 is 9.14. The normalized spacial score (nSPS) is 11.8. The van der Waals surface area contributed by atoms with Gasteiger partial charge in [0.1, 0.15) is 17.1 Å². The maximum Gasteiger partial charge on any atom is 0.296 e. The van der Waals surface area contributed by atoms with Crippen molar-refractivity contribution in [1.82, 2.24) is 24.4 Å². The minimum absolute atomic E-state index is 0.229. The molecule has 0 aliphatic rings. The van der Waals surface area contributed by atoms with Crippen LogP contribution in [0, 0.1) is 6.92 Å². The molecule has 0 radical (unpaired) electrons. The molecule has 0 N–H and O–H groups in total. The van der Waals surface area contributed by atoms with E-state index in [2.05, 4.69) is 10.1 Å². The van der Waals surface area contributed by atoms with E-state index in [1.807, 2.05) is 98.9 Å². The summed E-state index contributed by atoms with van der Waals surface area (Å²) >= 11 is 1.13. The van der Waals surface area contributed by atoms with Crippen molar-refractivity contribution in [1.29, 1.82) is 0 Å². The molecule has 0 unspecified atom stereocenters. The molecule has 0 saturated heterocycles. The number of nitrogens with zero attached hydrogens (tertiary/aromatic N) is 5. The number of para-hydroxylation sites is 1. The molecule has 0 atom stereocenters. The largest absolute Gasteiger partial charge is 0.494 e. The number of aromatic nitrogens is 5. The molecule has 3 aromatic carbocycles. The predicted octanol–water partition coefficient (Wildman–Crippen LogP) is 4.21. The summed E-state index contributed by atoms with van der Waals surface area (Å²) in [4.78, 5) is 30.6. The van der Waals surface area contributed by atoms with Crippen LogP contribution in [0.4, 0.5) is 0 Å². The third kappa shape index (κ3) is 4.94. The average molecular weight is 548 g/mol. The lowest BCUT2D eigenvalue weighted by atomic mass is 10.0. The number of hydrogen-bond donors (Lipinski definition) is 0. The van der Waals surface area contributed by atoms with Crippen LogP contribution in [-0.4, -0.2) is 31.0 Å². The maximum absolute atomic E-state index is 13.4. The van der Waals surface area contributed by atoms with Crippen LogP contribution in [0.25, 0.3) is 28.0 Å². The lowest BCUT2D eigenvalue weighted by Gasteiger charge is -2.08. The smallest absolute Gasteiger partial charge is 0.296 e. The van der Waals surface area contributed by atoms with Crippen LogP contribution in [0.1, 0.15) is 29.3 Å². The number of hydrogen-bond acceptors (Lipinski definition) is 7. The van der Waals surface area contributed by atoms with Gasteiger partial charge in [-0.3, -0.25) is 9.59 Å². The SMILES string of the molecule is CCOc1ccc(-c2nn(-c3ccccc3)cc2/C=c2/sc3nc(=O)c(Cc4ccccc4)nn3c2=O)cc1C. The fraction of sp³-hybridized carbons (Fsp3) is 0.129. The van der Waals surface area contributed by atoms with Crippen molar-refractivity contribution in [3.8, 4) is 22.7 Å². The monoisotopic (exact) mass is 547 g/mol. The number of ether oxygens (including phenoxy) is 1. The van der Waals surface area contributed by atoms with E-state index in [9.17, 15) is 9.59 Å². The van der Waals surface area contributed by atoms with E-state index in [1.165, 1.54) is 4.52 Å². The first kappa shape index (κ1) is 25.4. The Balaban J connectivity index is 1.49. The van der Waals surface area contributed by atoms with Crippen molar-refractivity contribution in [2.24, 2.45) is 0 Å². The molecule has 0 aliphatic heterocycles. The Morgan fingerprint density at radius 1 is 0.950 bits per heavy atom.